The molecule has 0 saturated heterocycles. The predicted octanol–water partition coefficient (Wildman–Crippen LogP) is 3.73. The lowest BCUT2D eigenvalue weighted by atomic mass is 10.0. The molecule has 1 N–H and O–H groups in total. The van der Waals surface area contributed by atoms with E-state index < -0.39 is 0 Å². The second kappa shape index (κ2) is 3.71. The van der Waals surface area contributed by atoms with Gasteiger partial charge >= 0.3 is 0 Å². The van der Waals surface area contributed by atoms with Crippen molar-refractivity contribution in [3.8, 4) is 11.1 Å². The predicted molar refractivity (Wildman–Crippen MR) is 74.5 cm³/mol. The normalized spacial score (nSPS) is 12.7. The molecule has 18 heavy (non-hydrogen) atoms. The van der Waals surface area contributed by atoms with Crippen LogP contribution in [0.15, 0.2) is 53.7 Å². The fourth-order valence-corrected chi connectivity index (χ4v) is 3.08. The van der Waals surface area contributed by atoms with Gasteiger partial charge in [-0.05, 0) is 30.1 Å². The maximum Gasteiger partial charge on any atom is 0.0986 e. The molecule has 0 unspecified atom stereocenters. The molecule has 3 aromatic rings. The molecule has 3 nitrogen and oxygen atoms in total. The zero-order chi connectivity index (χ0) is 11.9. The van der Waals surface area contributed by atoms with Crippen LogP contribution in [0.5, 0.6) is 0 Å². The van der Waals surface area contributed by atoms with E-state index in [-0.39, 0.29) is 0 Å². The van der Waals surface area contributed by atoms with E-state index in [0.717, 1.165) is 22.3 Å². The van der Waals surface area contributed by atoms with Crippen LogP contribution in [-0.2, 0) is 0 Å². The van der Waals surface area contributed by atoms with Crippen molar-refractivity contribution in [3.63, 3.8) is 0 Å². The van der Waals surface area contributed by atoms with Crippen molar-refractivity contribution >= 4 is 28.7 Å². The number of aromatic nitrogens is 2. The molecule has 2 aromatic carbocycles. The number of hydrogen-bond donors (Lipinski definition) is 1. The van der Waals surface area contributed by atoms with Crippen LogP contribution in [0, 0.1) is 0 Å². The van der Waals surface area contributed by atoms with Crippen LogP contribution >= 0.6 is 11.9 Å². The van der Waals surface area contributed by atoms with Gasteiger partial charge in [-0.25, -0.2) is 0 Å². The number of benzene rings is 2. The highest BCUT2D eigenvalue weighted by Gasteiger charge is 2.19. The quantitative estimate of drug-likeness (QED) is 0.618. The first-order valence-corrected chi connectivity index (χ1v) is 6.51. The first kappa shape index (κ1) is 9.91. The molecule has 2 heterocycles. The second-order valence-electron chi connectivity index (χ2n) is 4.11. The van der Waals surface area contributed by atoms with Crippen LogP contribution in [0.25, 0.3) is 22.2 Å². The molecule has 0 spiro atoms. The molecular weight excluding hydrogens is 242 g/mol. The van der Waals surface area contributed by atoms with Crippen LogP contribution in [0.2, 0.25) is 0 Å². The summed E-state index contributed by atoms with van der Waals surface area (Å²) in [7, 11) is 0. The average Bonchev–Trinajstić information content (AvgIpc) is 2.46. The molecule has 0 aliphatic carbocycles. The molecule has 86 valence electrons. The SMILES string of the molecule is c1ccc2c(c1)SNc1ccc3nccnc3c1-2. The molecule has 0 atom stereocenters. The maximum atomic E-state index is 4.48. The lowest BCUT2D eigenvalue weighted by Crippen LogP contribution is -2.00. The highest BCUT2D eigenvalue weighted by molar-refractivity contribution is 8.00. The Labute approximate surface area is 108 Å². The molecular formula is C14H9N3S. The minimum absolute atomic E-state index is 0.930. The first-order valence-electron chi connectivity index (χ1n) is 5.69. The maximum absolute atomic E-state index is 4.48. The third-order valence-electron chi connectivity index (χ3n) is 3.07. The molecule has 0 fully saturated rings. The summed E-state index contributed by atoms with van der Waals surface area (Å²) in [6.07, 6.45) is 3.47. The molecule has 4 rings (SSSR count). The van der Waals surface area contributed by atoms with E-state index in [1.807, 2.05) is 6.07 Å². The molecule has 0 radical (unpaired) electrons. The molecule has 0 bridgehead atoms. The second-order valence-corrected chi connectivity index (χ2v) is 4.96. The van der Waals surface area contributed by atoms with Crippen LogP contribution in [0.1, 0.15) is 0 Å². The Kier molecular flexibility index (Phi) is 2.04. The van der Waals surface area contributed by atoms with Crippen molar-refractivity contribution in [1.82, 2.24) is 9.97 Å². The number of fused-ring (bicyclic) bond motifs is 5. The summed E-state index contributed by atoms with van der Waals surface area (Å²) in [5.41, 5.74) is 5.36. The molecule has 4 heteroatoms. The van der Waals surface area contributed by atoms with Gasteiger partial charge in [0.25, 0.3) is 0 Å². The van der Waals surface area contributed by atoms with Crippen molar-refractivity contribution in [3.05, 3.63) is 48.8 Å². The Morgan fingerprint density at radius 3 is 2.83 bits per heavy atom. The largest absolute Gasteiger partial charge is 0.325 e. The van der Waals surface area contributed by atoms with E-state index in [0.29, 0.717) is 0 Å². The summed E-state index contributed by atoms with van der Waals surface area (Å²) in [6, 6.07) is 12.4. The summed E-state index contributed by atoms with van der Waals surface area (Å²) in [5.74, 6) is 0. The van der Waals surface area contributed by atoms with Gasteiger partial charge in [-0.1, -0.05) is 18.2 Å². The highest BCUT2D eigenvalue weighted by Crippen LogP contribution is 2.44. The molecule has 1 aliphatic rings. The van der Waals surface area contributed by atoms with Gasteiger partial charge in [0.05, 0.1) is 16.7 Å². The van der Waals surface area contributed by atoms with Gasteiger partial charge in [0.2, 0.25) is 0 Å². The molecule has 0 saturated carbocycles. The summed E-state index contributed by atoms with van der Waals surface area (Å²) in [6.45, 7) is 0. The van der Waals surface area contributed by atoms with Crippen molar-refractivity contribution in [2.45, 2.75) is 4.90 Å². The third-order valence-corrected chi connectivity index (χ3v) is 3.97. The lowest BCUT2D eigenvalue weighted by Gasteiger charge is -2.21. The molecule has 0 amide bonds. The van der Waals surface area contributed by atoms with Crippen LogP contribution in [0.3, 0.4) is 0 Å². The van der Waals surface area contributed by atoms with E-state index in [4.69, 9.17) is 0 Å². The minimum Gasteiger partial charge on any atom is -0.325 e. The Morgan fingerprint density at radius 1 is 0.944 bits per heavy atom. The topological polar surface area (TPSA) is 37.8 Å². The number of rotatable bonds is 0. The van der Waals surface area contributed by atoms with Gasteiger partial charge in [0.15, 0.2) is 0 Å². The van der Waals surface area contributed by atoms with Crippen LogP contribution in [-0.4, -0.2) is 9.97 Å². The van der Waals surface area contributed by atoms with Crippen molar-refractivity contribution in [1.29, 1.82) is 0 Å². The summed E-state index contributed by atoms with van der Waals surface area (Å²) >= 11 is 1.64. The zero-order valence-electron chi connectivity index (χ0n) is 9.42. The van der Waals surface area contributed by atoms with E-state index in [1.54, 1.807) is 24.3 Å². The van der Waals surface area contributed by atoms with Crippen LogP contribution in [0.4, 0.5) is 5.69 Å². The van der Waals surface area contributed by atoms with Gasteiger partial charge in [0, 0.05) is 28.4 Å². The van der Waals surface area contributed by atoms with Gasteiger partial charge in [-0.3, -0.25) is 9.97 Å². The Bertz CT molecular complexity index is 755. The minimum atomic E-state index is 0.930. The summed E-state index contributed by atoms with van der Waals surface area (Å²) < 4.78 is 3.36. The first-order chi connectivity index (χ1) is 8.93. The standard InChI is InChI=1S/C14H9N3S/c1-2-4-12-9(3-1)13-10(17-18-12)5-6-11-14(13)16-8-7-15-11/h1-8,17H. The number of nitrogens with zero attached hydrogens (tertiary/aromatic N) is 2. The molecule has 1 aromatic heterocycles. The van der Waals surface area contributed by atoms with Crippen LogP contribution < -0.4 is 4.72 Å². The number of nitrogens with one attached hydrogen (secondary N) is 1. The summed E-state index contributed by atoms with van der Waals surface area (Å²) in [5, 5.41) is 0. The Hall–Kier alpha value is -2.07. The number of hydrogen-bond acceptors (Lipinski definition) is 4. The van der Waals surface area contributed by atoms with Gasteiger partial charge < -0.3 is 4.72 Å². The van der Waals surface area contributed by atoms with Gasteiger partial charge in [-0.2, -0.15) is 0 Å². The van der Waals surface area contributed by atoms with Gasteiger partial charge in [0.1, 0.15) is 0 Å². The molecule has 1 aliphatic heterocycles. The van der Waals surface area contributed by atoms with Crippen molar-refractivity contribution in [2.75, 3.05) is 4.72 Å². The Morgan fingerprint density at radius 2 is 1.83 bits per heavy atom. The lowest BCUT2D eigenvalue weighted by molar-refractivity contribution is 1.29. The van der Waals surface area contributed by atoms with Crippen molar-refractivity contribution in [2.24, 2.45) is 0 Å². The van der Waals surface area contributed by atoms with Gasteiger partial charge in [-0.15, -0.1) is 0 Å². The van der Waals surface area contributed by atoms with E-state index in [9.17, 15) is 0 Å². The highest BCUT2D eigenvalue weighted by atomic mass is 32.2. The Balaban J connectivity index is 2.15. The average molecular weight is 251 g/mol. The summed E-state index contributed by atoms with van der Waals surface area (Å²) in [4.78, 5) is 10.1. The smallest absolute Gasteiger partial charge is 0.0986 e. The fourth-order valence-electron chi connectivity index (χ4n) is 2.27. The monoisotopic (exact) mass is 251 g/mol. The van der Waals surface area contributed by atoms with Crippen molar-refractivity contribution < 1.29 is 0 Å². The fraction of sp³-hybridized carbons (Fsp3) is 0. The zero-order valence-corrected chi connectivity index (χ0v) is 10.2. The van der Waals surface area contributed by atoms with E-state index >= 15 is 0 Å². The van der Waals surface area contributed by atoms with E-state index in [2.05, 4.69) is 45.0 Å². The third kappa shape index (κ3) is 1.32. The van der Waals surface area contributed by atoms with E-state index in [1.165, 1.54) is 10.5 Å². The number of anilines is 1.